The van der Waals surface area contributed by atoms with Crippen LogP contribution in [0.3, 0.4) is 0 Å². The van der Waals surface area contributed by atoms with Crippen molar-refractivity contribution in [3.05, 3.63) is 0 Å². The molecule has 0 rings (SSSR count). The van der Waals surface area contributed by atoms with E-state index in [1.165, 1.54) is 6.92 Å². The van der Waals surface area contributed by atoms with Gasteiger partial charge in [0.1, 0.15) is 17.9 Å². The van der Waals surface area contributed by atoms with Crippen LogP contribution in [0.2, 0.25) is 0 Å². The standard InChI is InChI=1S/C35H64N4O9/c1-18(2)12-24(40)15-25(21(7)8)34(47)39-32(22(9)10)35(48)38-26(13-19(3)4)28(41)16-30(43)36-23(11)33(46)37-27(14-20(5)6)29(42)17-31(44)45/h18-23,25-29,32,41-42H,12-17H2,1-11H3,(H,36,43)(H,37,46)(H,38,48)(H,39,47)(H,44,45)/t23-,25-,26-,27-,28-,29-,32-/m0/s1. The average Bonchev–Trinajstić information content (AvgIpc) is 2.91. The molecule has 48 heavy (non-hydrogen) atoms. The number of Topliss-reactive ketones (excluding diaryl/α,β-unsaturated/α-hetero) is 1. The first-order valence-corrected chi connectivity index (χ1v) is 17.3. The number of aliphatic hydroxyl groups excluding tert-OH is 2. The van der Waals surface area contributed by atoms with Gasteiger partial charge in [-0.2, -0.15) is 0 Å². The van der Waals surface area contributed by atoms with E-state index in [2.05, 4.69) is 21.3 Å². The first-order valence-electron chi connectivity index (χ1n) is 17.3. The summed E-state index contributed by atoms with van der Waals surface area (Å²) in [6, 6.07) is -3.69. The molecule has 0 fully saturated rings. The predicted molar refractivity (Wildman–Crippen MR) is 183 cm³/mol. The van der Waals surface area contributed by atoms with Gasteiger partial charge in [0.25, 0.3) is 0 Å². The molecule has 0 spiro atoms. The zero-order valence-electron chi connectivity index (χ0n) is 31.0. The summed E-state index contributed by atoms with van der Waals surface area (Å²) in [5, 5.41) is 41.2. The van der Waals surface area contributed by atoms with Crippen molar-refractivity contribution in [2.45, 2.75) is 151 Å². The second kappa shape index (κ2) is 21.8. The van der Waals surface area contributed by atoms with Gasteiger partial charge in [-0.05, 0) is 49.4 Å². The van der Waals surface area contributed by atoms with Gasteiger partial charge in [-0.1, -0.05) is 69.2 Å². The van der Waals surface area contributed by atoms with E-state index in [0.29, 0.717) is 19.3 Å². The molecule has 7 N–H and O–H groups in total. The Balaban J connectivity index is 5.60. The van der Waals surface area contributed by atoms with E-state index in [1.54, 1.807) is 13.8 Å². The Kier molecular flexibility index (Phi) is 20.4. The molecule has 7 atom stereocenters. The highest BCUT2D eigenvalue weighted by molar-refractivity contribution is 5.91. The van der Waals surface area contributed by atoms with Gasteiger partial charge < -0.3 is 36.6 Å². The fraction of sp³-hybridized carbons (Fsp3) is 0.829. The maximum absolute atomic E-state index is 13.5. The molecule has 0 unspecified atom stereocenters. The van der Waals surface area contributed by atoms with E-state index in [4.69, 9.17) is 5.11 Å². The Morgan fingerprint density at radius 3 is 1.42 bits per heavy atom. The van der Waals surface area contributed by atoms with Gasteiger partial charge in [0.05, 0.1) is 37.1 Å². The van der Waals surface area contributed by atoms with Crippen molar-refractivity contribution in [3.63, 3.8) is 0 Å². The van der Waals surface area contributed by atoms with Crippen LogP contribution in [-0.2, 0) is 28.8 Å². The van der Waals surface area contributed by atoms with Gasteiger partial charge in [-0.15, -0.1) is 0 Å². The minimum absolute atomic E-state index is 0.0132. The largest absolute Gasteiger partial charge is 0.481 e. The number of aliphatic carboxylic acids is 1. The Morgan fingerprint density at radius 1 is 0.521 bits per heavy atom. The fourth-order valence-electron chi connectivity index (χ4n) is 5.45. The Bertz CT molecular complexity index is 1060. The molecule has 0 saturated carbocycles. The number of carboxylic acid groups (broad SMARTS) is 1. The summed E-state index contributed by atoms with van der Waals surface area (Å²) in [7, 11) is 0. The molecular weight excluding hydrogens is 620 g/mol. The molecule has 0 heterocycles. The van der Waals surface area contributed by atoms with Crippen molar-refractivity contribution in [3.8, 4) is 0 Å². The summed E-state index contributed by atoms with van der Waals surface area (Å²) >= 11 is 0. The zero-order chi connectivity index (χ0) is 37.5. The van der Waals surface area contributed by atoms with Crippen LogP contribution in [0.4, 0.5) is 0 Å². The molecule has 13 nitrogen and oxygen atoms in total. The minimum atomic E-state index is -1.32. The number of ketones is 1. The van der Waals surface area contributed by atoms with Gasteiger partial charge in [-0.25, -0.2) is 0 Å². The molecule has 0 aromatic carbocycles. The molecular formula is C35H64N4O9. The van der Waals surface area contributed by atoms with E-state index in [-0.39, 0.29) is 41.8 Å². The number of aliphatic hydroxyl groups is 2. The molecule has 0 aromatic rings. The number of carbonyl (C=O) groups excluding carboxylic acids is 5. The topological polar surface area (TPSA) is 211 Å². The molecule has 4 amide bonds. The van der Waals surface area contributed by atoms with Gasteiger partial charge in [0, 0.05) is 18.8 Å². The van der Waals surface area contributed by atoms with Gasteiger partial charge >= 0.3 is 5.97 Å². The van der Waals surface area contributed by atoms with Crippen LogP contribution >= 0.6 is 0 Å². The van der Waals surface area contributed by atoms with Crippen LogP contribution in [0, 0.1) is 35.5 Å². The van der Waals surface area contributed by atoms with Crippen molar-refractivity contribution < 1.29 is 44.1 Å². The molecule has 0 aromatic heterocycles. The van der Waals surface area contributed by atoms with Crippen LogP contribution < -0.4 is 21.3 Å². The van der Waals surface area contributed by atoms with E-state index in [1.807, 2.05) is 55.4 Å². The lowest BCUT2D eigenvalue weighted by atomic mass is 9.87. The summed E-state index contributed by atoms with van der Waals surface area (Å²) in [4.78, 5) is 76.2. The molecule has 0 aliphatic heterocycles. The van der Waals surface area contributed by atoms with E-state index >= 15 is 0 Å². The lowest BCUT2D eigenvalue weighted by Crippen LogP contribution is -2.56. The normalized spacial score (nSPS) is 16.2. The minimum Gasteiger partial charge on any atom is -0.481 e. The first kappa shape index (κ1) is 44.9. The highest BCUT2D eigenvalue weighted by Gasteiger charge is 2.34. The van der Waals surface area contributed by atoms with E-state index in [9.17, 15) is 39.0 Å². The molecule has 0 radical (unpaired) electrons. The second-order valence-electron chi connectivity index (χ2n) is 15.1. The third-order valence-corrected chi connectivity index (χ3v) is 8.06. The van der Waals surface area contributed by atoms with E-state index in [0.717, 1.165) is 0 Å². The van der Waals surface area contributed by atoms with E-state index < -0.39 is 84.7 Å². The number of carboxylic acids is 1. The molecule has 0 aliphatic carbocycles. The van der Waals surface area contributed by atoms with Gasteiger partial charge in [-0.3, -0.25) is 28.8 Å². The molecule has 0 bridgehead atoms. The highest BCUT2D eigenvalue weighted by Crippen LogP contribution is 2.20. The monoisotopic (exact) mass is 684 g/mol. The fourth-order valence-corrected chi connectivity index (χ4v) is 5.45. The summed E-state index contributed by atoms with van der Waals surface area (Å²) < 4.78 is 0. The number of amides is 4. The summed E-state index contributed by atoms with van der Waals surface area (Å²) in [6.07, 6.45) is -2.53. The summed E-state index contributed by atoms with van der Waals surface area (Å²) in [5.41, 5.74) is 0. The van der Waals surface area contributed by atoms with Gasteiger partial charge in [0.2, 0.25) is 23.6 Å². The lowest BCUT2D eigenvalue weighted by molar-refractivity contribution is -0.140. The highest BCUT2D eigenvalue weighted by atomic mass is 16.4. The predicted octanol–water partition coefficient (Wildman–Crippen LogP) is 2.56. The van der Waals surface area contributed by atoms with Crippen LogP contribution in [0.25, 0.3) is 0 Å². The number of hydrogen-bond acceptors (Lipinski definition) is 8. The maximum atomic E-state index is 13.5. The second-order valence-corrected chi connectivity index (χ2v) is 15.1. The maximum Gasteiger partial charge on any atom is 0.306 e. The van der Waals surface area contributed by atoms with Gasteiger partial charge in [0.15, 0.2) is 0 Å². The zero-order valence-corrected chi connectivity index (χ0v) is 31.0. The SMILES string of the molecule is CC(C)CC(=O)C[C@H](C(=O)N[C@H](C(=O)N[C@@H](CC(C)C)[C@@H](O)CC(=O)N[C@@H](C)C(=O)N[C@@H](CC(C)C)[C@@H](O)CC(=O)O)C(C)C)C(C)C. The molecule has 0 saturated heterocycles. The third kappa shape index (κ3) is 17.9. The molecule has 0 aliphatic rings. The average molecular weight is 685 g/mol. The summed E-state index contributed by atoms with van der Waals surface area (Å²) in [5.74, 6) is -4.23. The van der Waals surface area contributed by atoms with Crippen molar-refractivity contribution in [1.29, 1.82) is 0 Å². The Hall–Kier alpha value is -3.06. The van der Waals surface area contributed by atoms with Crippen molar-refractivity contribution in [1.82, 2.24) is 21.3 Å². The van der Waals surface area contributed by atoms with Crippen LogP contribution in [0.5, 0.6) is 0 Å². The van der Waals surface area contributed by atoms with Crippen molar-refractivity contribution >= 4 is 35.4 Å². The quantitative estimate of drug-likeness (QED) is 0.0842. The van der Waals surface area contributed by atoms with Crippen molar-refractivity contribution in [2.24, 2.45) is 35.5 Å². The number of rotatable bonds is 23. The van der Waals surface area contributed by atoms with Crippen molar-refractivity contribution in [2.75, 3.05) is 0 Å². The lowest BCUT2D eigenvalue weighted by Gasteiger charge is -2.30. The number of carbonyl (C=O) groups is 6. The number of nitrogens with one attached hydrogen (secondary N) is 4. The Labute approximate surface area is 287 Å². The van der Waals surface area contributed by atoms with Crippen LogP contribution in [0.15, 0.2) is 0 Å². The molecule has 278 valence electrons. The number of hydrogen-bond donors (Lipinski definition) is 7. The molecule has 13 heteroatoms. The summed E-state index contributed by atoms with van der Waals surface area (Å²) in [6.45, 7) is 20.1. The first-order chi connectivity index (χ1) is 22.0. The smallest absolute Gasteiger partial charge is 0.306 e. The Morgan fingerprint density at radius 2 is 1.00 bits per heavy atom. The third-order valence-electron chi connectivity index (χ3n) is 8.06. The van der Waals surface area contributed by atoms with Crippen LogP contribution in [-0.4, -0.2) is 87.1 Å². The van der Waals surface area contributed by atoms with Crippen LogP contribution in [0.1, 0.15) is 115 Å².